The molecule has 6 nitrogen and oxygen atoms in total. The van der Waals surface area contributed by atoms with Crippen LogP contribution in [0.1, 0.15) is 17.4 Å². The topological polar surface area (TPSA) is 66.5 Å². The van der Waals surface area contributed by atoms with E-state index in [1.165, 1.54) is 0 Å². The summed E-state index contributed by atoms with van der Waals surface area (Å²) in [7, 11) is 0. The summed E-state index contributed by atoms with van der Waals surface area (Å²) in [6.45, 7) is 7.69. The van der Waals surface area contributed by atoms with Crippen LogP contribution in [0.15, 0.2) is 18.2 Å². The number of amides is 1. The summed E-state index contributed by atoms with van der Waals surface area (Å²) in [5.74, 6) is 0.603. The highest BCUT2D eigenvalue weighted by Crippen LogP contribution is 2.04. The van der Waals surface area contributed by atoms with Crippen LogP contribution in [-0.2, 0) is 4.74 Å². The van der Waals surface area contributed by atoms with Crippen molar-refractivity contribution in [3.63, 3.8) is 0 Å². The zero-order valence-electron chi connectivity index (χ0n) is 11.9. The lowest BCUT2D eigenvalue weighted by atomic mass is 10.3. The van der Waals surface area contributed by atoms with Gasteiger partial charge in [0.15, 0.2) is 0 Å². The summed E-state index contributed by atoms with van der Waals surface area (Å²) < 4.78 is 5.29. The third-order valence-corrected chi connectivity index (χ3v) is 3.16. The van der Waals surface area contributed by atoms with Gasteiger partial charge in [-0.3, -0.25) is 9.69 Å². The molecule has 1 fully saturated rings. The van der Waals surface area contributed by atoms with Gasteiger partial charge in [-0.05, 0) is 19.1 Å². The Bertz CT molecular complexity index is 433. The Morgan fingerprint density at radius 2 is 2.20 bits per heavy atom. The lowest BCUT2D eigenvalue weighted by Gasteiger charge is -2.26. The standard InChI is InChI=1S/C14H22N4O2/c1-2-15-13-5-3-4-12(17-13)14(19)16-6-7-18-8-10-20-11-9-18/h3-5H,2,6-11H2,1H3,(H,15,17)(H,16,19). The number of rotatable bonds is 6. The van der Waals surface area contributed by atoms with Crippen molar-refractivity contribution in [3.05, 3.63) is 23.9 Å². The Kier molecular flexibility index (Phi) is 5.76. The highest BCUT2D eigenvalue weighted by Gasteiger charge is 2.11. The number of aromatic nitrogens is 1. The normalized spacial score (nSPS) is 15.8. The van der Waals surface area contributed by atoms with Crippen LogP contribution in [0.3, 0.4) is 0 Å². The Labute approximate surface area is 119 Å². The molecule has 0 atom stereocenters. The van der Waals surface area contributed by atoms with Crippen molar-refractivity contribution in [1.82, 2.24) is 15.2 Å². The van der Waals surface area contributed by atoms with Gasteiger partial charge in [0.1, 0.15) is 11.5 Å². The van der Waals surface area contributed by atoms with Gasteiger partial charge in [0.05, 0.1) is 13.2 Å². The number of hydrogen-bond donors (Lipinski definition) is 2. The number of carbonyl (C=O) groups excluding carboxylic acids is 1. The van der Waals surface area contributed by atoms with E-state index in [0.29, 0.717) is 12.2 Å². The van der Waals surface area contributed by atoms with Gasteiger partial charge >= 0.3 is 0 Å². The first kappa shape index (κ1) is 14.7. The predicted octanol–water partition coefficient (Wildman–Crippen LogP) is 0.575. The number of nitrogens with one attached hydrogen (secondary N) is 2. The van der Waals surface area contributed by atoms with E-state index in [0.717, 1.165) is 45.2 Å². The van der Waals surface area contributed by atoms with Crippen LogP contribution in [0.2, 0.25) is 0 Å². The van der Waals surface area contributed by atoms with Crippen molar-refractivity contribution in [1.29, 1.82) is 0 Å². The first-order chi connectivity index (χ1) is 9.79. The molecule has 6 heteroatoms. The Morgan fingerprint density at radius 3 is 2.95 bits per heavy atom. The summed E-state index contributed by atoms with van der Waals surface area (Å²) in [6.07, 6.45) is 0. The summed E-state index contributed by atoms with van der Waals surface area (Å²) >= 11 is 0. The van der Waals surface area contributed by atoms with Crippen LogP contribution in [0.4, 0.5) is 5.82 Å². The van der Waals surface area contributed by atoms with E-state index in [2.05, 4.69) is 20.5 Å². The molecular weight excluding hydrogens is 256 g/mol. The molecule has 1 aliphatic heterocycles. The maximum Gasteiger partial charge on any atom is 0.270 e. The number of nitrogens with zero attached hydrogens (tertiary/aromatic N) is 2. The molecule has 1 aliphatic rings. The summed E-state index contributed by atoms with van der Waals surface area (Å²) in [6, 6.07) is 5.42. The summed E-state index contributed by atoms with van der Waals surface area (Å²) in [4.78, 5) is 18.6. The highest BCUT2D eigenvalue weighted by atomic mass is 16.5. The number of pyridine rings is 1. The second-order valence-corrected chi connectivity index (χ2v) is 4.65. The van der Waals surface area contributed by atoms with Crippen LogP contribution in [0.25, 0.3) is 0 Å². The van der Waals surface area contributed by atoms with E-state index in [1.54, 1.807) is 6.07 Å². The van der Waals surface area contributed by atoms with Gasteiger partial charge in [-0.2, -0.15) is 0 Å². The highest BCUT2D eigenvalue weighted by molar-refractivity contribution is 5.92. The molecule has 1 saturated heterocycles. The molecule has 0 saturated carbocycles. The molecule has 0 spiro atoms. The molecule has 20 heavy (non-hydrogen) atoms. The monoisotopic (exact) mass is 278 g/mol. The molecule has 0 unspecified atom stereocenters. The van der Waals surface area contributed by atoms with Crippen LogP contribution >= 0.6 is 0 Å². The van der Waals surface area contributed by atoms with Crippen LogP contribution in [0.5, 0.6) is 0 Å². The van der Waals surface area contributed by atoms with Gasteiger partial charge in [0.2, 0.25) is 0 Å². The smallest absolute Gasteiger partial charge is 0.270 e. The minimum absolute atomic E-state index is 0.127. The molecule has 2 rings (SSSR count). The van der Waals surface area contributed by atoms with Crippen molar-refractivity contribution in [2.45, 2.75) is 6.92 Å². The van der Waals surface area contributed by atoms with Crippen LogP contribution < -0.4 is 10.6 Å². The second kappa shape index (κ2) is 7.81. The van der Waals surface area contributed by atoms with Gasteiger partial charge in [-0.25, -0.2) is 4.98 Å². The van der Waals surface area contributed by atoms with E-state index < -0.39 is 0 Å². The lowest BCUT2D eigenvalue weighted by Crippen LogP contribution is -2.41. The molecule has 0 bridgehead atoms. The van der Waals surface area contributed by atoms with Crippen molar-refractivity contribution in [3.8, 4) is 0 Å². The lowest BCUT2D eigenvalue weighted by molar-refractivity contribution is 0.0383. The number of carbonyl (C=O) groups is 1. The second-order valence-electron chi connectivity index (χ2n) is 4.65. The van der Waals surface area contributed by atoms with Crippen molar-refractivity contribution >= 4 is 11.7 Å². The number of anilines is 1. The fourth-order valence-corrected chi connectivity index (χ4v) is 2.08. The first-order valence-electron chi connectivity index (χ1n) is 7.09. The van der Waals surface area contributed by atoms with Crippen molar-refractivity contribution < 1.29 is 9.53 Å². The van der Waals surface area contributed by atoms with E-state index in [-0.39, 0.29) is 5.91 Å². The Morgan fingerprint density at radius 1 is 1.40 bits per heavy atom. The molecule has 2 N–H and O–H groups in total. The van der Waals surface area contributed by atoms with Crippen molar-refractivity contribution in [2.24, 2.45) is 0 Å². The molecule has 0 radical (unpaired) electrons. The summed E-state index contributed by atoms with van der Waals surface area (Å²) in [5.41, 5.74) is 0.449. The number of ether oxygens (including phenoxy) is 1. The van der Waals surface area contributed by atoms with Crippen LogP contribution in [0, 0.1) is 0 Å². The van der Waals surface area contributed by atoms with Crippen LogP contribution in [-0.4, -0.2) is 61.7 Å². The maximum absolute atomic E-state index is 12.0. The number of hydrogen-bond acceptors (Lipinski definition) is 5. The average molecular weight is 278 g/mol. The Hall–Kier alpha value is -1.66. The first-order valence-corrected chi connectivity index (χ1v) is 7.09. The molecule has 2 heterocycles. The molecule has 1 amide bonds. The fourth-order valence-electron chi connectivity index (χ4n) is 2.08. The van der Waals surface area contributed by atoms with Crippen molar-refractivity contribution in [2.75, 3.05) is 51.3 Å². The largest absolute Gasteiger partial charge is 0.379 e. The zero-order valence-corrected chi connectivity index (χ0v) is 11.9. The fraction of sp³-hybridized carbons (Fsp3) is 0.571. The van der Waals surface area contributed by atoms with Gasteiger partial charge in [-0.15, -0.1) is 0 Å². The molecule has 0 aromatic carbocycles. The van der Waals surface area contributed by atoms with E-state index in [9.17, 15) is 4.79 Å². The predicted molar refractivity (Wildman–Crippen MR) is 78.0 cm³/mol. The van der Waals surface area contributed by atoms with Gasteiger partial charge in [0.25, 0.3) is 5.91 Å². The Balaban J connectivity index is 1.77. The molecule has 0 aliphatic carbocycles. The molecule has 1 aromatic heterocycles. The van der Waals surface area contributed by atoms with E-state index in [1.807, 2.05) is 19.1 Å². The van der Waals surface area contributed by atoms with Gasteiger partial charge in [0, 0.05) is 32.7 Å². The van der Waals surface area contributed by atoms with E-state index in [4.69, 9.17) is 4.74 Å². The third kappa shape index (κ3) is 4.47. The maximum atomic E-state index is 12.0. The molecular formula is C14H22N4O2. The minimum Gasteiger partial charge on any atom is -0.379 e. The molecule has 1 aromatic rings. The quantitative estimate of drug-likeness (QED) is 0.796. The average Bonchev–Trinajstić information content (AvgIpc) is 2.49. The summed E-state index contributed by atoms with van der Waals surface area (Å²) in [5, 5.41) is 6.00. The number of morpholine rings is 1. The van der Waals surface area contributed by atoms with E-state index >= 15 is 0 Å². The zero-order chi connectivity index (χ0) is 14.2. The molecule has 110 valence electrons. The van der Waals surface area contributed by atoms with Gasteiger partial charge in [-0.1, -0.05) is 6.07 Å². The minimum atomic E-state index is -0.127. The van der Waals surface area contributed by atoms with Gasteiger partial charge < -0.3 is 15.4 Å². The third-order valence-electron chi connectivity index (χ3n) is 3.16. The SMILES string of the molecule is CCNc1cccc(C(=O)NCCN2CCOCC2)n1.